The van der Waals surface area contributed by atoms with Gasteiger partial charge in [-0.2, -0.15) is 0 Å². The number of hydrogen-bond donors (Lipinski definition) is 3. The van der Waals surface area contributed by atoms with E-state index < -0.39 is 5.60 Å². The Bertz CT molecular complexity index is 198. The summed E-state index contributed by atoms with van der Waals surface area (Å²) >= 11 is 0. The summed E-state index contributed by atoms with van der Waals surface area (Å²) in [5, 5.41) is 21.1. The molecule has 1 amide bonds. The minimum atomic E-state index is -1.22. The van der Waals surface area contributed by atoms with E-state index in [9.17, 15) is 9.90 Å². The van der Waals surface area contributed by atoms with Gasteiger partial charge in [0.25, 0.3) is 0 Å². The van der Waals surface area contributed by atoms with E-state index in [1.54, 1.807) is 0 Å². The summed E-state index contributed by atoms with van der Waals surface area (Å²) in [6.07, 6.45) is 3.71. The Balaban J connectivity index is 4.09. The highest BCUT2D eigenvalue weighted by molar-refractivity contribution is 5.78. The van der Waals surface area contributed by atoms with Crippen molar-refractivity contribution >= 4 is 5.91 Å². The topological polar surface area (TPSA) is 69.6 Å². The molecule has 0 rings (SSSR count). The Morgan fingerprint density at radius 3 is 2.19 bits per heavy atom. The first-order valence-corrected chi connectivity index (χ1v) is 6.07. The predicted molar refractivity (Wildman–Crippen MR) is 64.0 cm³/mol. The molecule has 0 radical (unpaired) electrons. The molecule has 0 aliphatic carbocycles. The van der Waals surface area contributed by atoms with Gasteiger partial charge in [0.1, 0.15) is 5.60 Å². The first-order chi connectivity index (χ1) is 7.46. The maximum Gasteiger partial charge on any atom is 0.223 e. The van der Waals surface area contributed by atoms with Crippen molar-refractivity contribution in [1.29, 1.82) is 0 Å². The maximum atomic E-state index is 11.8. The average Bonchev–Trinajstić information content (AvgIpc) is 2.26. The molecule has 0 aromatic carbocycles. The molecule has 0 fully saturated rings. The van der Waals surface area contributed by atoms with Gasteiger partial charge in [-0.25, -0.2) is 0 Å². The molecule has 0 aromatic heterocycles. The quantitative estimate of drug-likeness (QED) is 0.585. The maximum absolute atomic E-state index is 11.8. The lowest BCUT2D eigenvalue weighted by molar-refractivity contribution is -0.127. The highest BCUT2D eigenvalue weighted by Crippen LogP contribution is 2.13. The Labute approximate surface area is 98.1 Å². The molecule has 0 saturated heterocycles. The SMILES string of the molecule is CCCC(CCC)C(=O)NCC(C)(O)CO. The molecule has 1 atom stereocenters. The van der Waals surface area contributed by atoms with E-state index in [0.29, 0.717) is 0 Å². The van der Waals surface area contributed by atoms with E-state index in [1.165, 1.54) is 6.92 Å². The van der Waals surface area contributed by atoms with Crippen LogP contribution in [0.1, 0.15) is 46.5 Å². The van der Waals surface area contributed by atoms with E-state index in [-0.39, 0.29) is 25.0 Å². The van der Waals surface area contributed by atoms with Crippen LogP contribution >= 0.6 is 0 Å². The van der Waals surface area contributed by atoms with Crippen LogP contribution in [0.15, 0.2) is 0 Å². The van der Waals surface area contributed by atoms with Crippen LogP contribution in [0, 0.1) is 5.92 Å². The number of carbonyl (C=O) groups is 1. The molecule has 4 heteroatoms. The van der Waals surface area contributed by atoms with Crippen LogP contribution < -0.4 is 5.32 Å². The van der Waals surface area contributed by atoms with Crippen molar-refractivity contribution in [2.45, 2.75) is 52.1 Å². The van der Waals surface area contributed by atoms with Crippen molar-refractivity contribution in [2.75, 3.05) is 13.2 Å². The molecule has 0 aromatic rings. The molecule has 0 aliphatic heterocycles. The molecule has 0 aliphatic rings. The second-order valence-corrected chi connectivity index (χ2v) is 4.65. The predicted octanol–water partition coefficient (Wildman–Crippen LogP) is 1.06. The van der Waals surface area contributed by atoms with Crippen LogP contribution in [0.5, 0.6) is 0 Å². The first kappa shape index (κ1) is 15.4. The van der Waals surface area contributed by atoms with Gasteiger partial charge < -0.3 is 15.5 Å². The zero-order valence-electron chi connectivity index (χ0n) is 10.6. The van der Waals surface area contributed by atoms with Gasteiger partial charge in [-0.15, -0.1) is 0 Å². The van der Waals surface area contributed by atoms with Crippen molar-refractivity contribution in [2.24, 2.45) is 5.92 Å². The lowest BCUT2D eigenvalue weighted by Gasteiger charge is -2.23. The van der Waals surface area contributed by atoms with Crippen molar-refractivity contribution in [3.63, 3.8) is 0 Å². The molecule has 4 nitrogen and oxygen atoms in total. The Kier molecular flexibility index (Phi) is 7.34. The van der Waals surface area contributed by atoms with Crippen molar-refractivity contribution < 1.29 is 15.0 Å². The standard InChI is InChI=1S/C12H25NO3/c1-4-6-10(7-5-2)11(15)13-8-12(3,16)9-14/h10,14,16H,4-9H2,1-3H3,(H,13,15). The Morgan fingerprint density at radius 1 is 1.31 bits per heavy atom. The molecule has 0 heterocycles. The van der Waals surface area contributed by atoms with Crippen LogP contribution in [0.25, 0.3) is 0 Å². The number of carbonyl (C=O) groups excluding carboxylic acids is 1. The van der Waals surface area contributed by atoms with E-state index in [0.717, 1.165) is 25.7 Å². The number of aliphatic hydroxyl groups is 2. The van der Waals surface area contributed by atoms with E-state index in [1.807, 2.05) is 0 Å². The monoisotopic (exact) mass is 231 g/mol. The van der Waals surface area contributed by atoms with Gasteiger partial charge in [0.2, 0.25) is 5.91 Å². The highest BCUT2D eigenvalue weighted by Gasteiger charge is 2.22. The fourth-order valence-electron chi connectivity index (χ4n) is 1.58. The molecule has 1 unspecified atom stereocenters. The summed E-state index contributed by atoms with van der Waals surface area (Å²) < 4.78 is 0. The third-order valence-corrected chi connectivity index (χ3v) is 2.63. The first-order valence-electron chi connectivity index (χ1n) is 6.07. The van der Waals surface area contributed by atoms with Crippen molar-refractivity contribution in [3.05, 3.63) is 0 Å². The fourth-order valence-corrected chi connectivity index (χ4v) is 1.58. The van der Waals surface area contributed by atoms with Crippen LogP contribution in [0.3, 0.4) is 0 Å². The van der Waals surface area contributed by atoms with Gasteiger partial charge in [0, 0.05) is 12.5 Å². The Morgan fingerprint density at radius 2 is 1.81 bits per heavy atom. The van der Waals surface area contributed by atoms with Gasteiger partial charge >= 0.3 is 0 Å². The second-order valence-electron chi connectivity index (χ2n) is 4.65. The smallest absolute Gasteiger partial charge is 0.223 e. The number of nitrogens with one attached hydrogen (secondary N) is 1. The summed E-state index contributed by atoms with van der Waals surface area (Å²) in [4.78, 5) is 11.8. The lowest BCUT2D eigenvalue weighted by Crippen LogP contribution is -2.45. The summed E-state index contributed by atoms with van der Waals surface area (Å²) in [5.74, 6) is 0.0157. The molecule has 96 valence electrons. The minimum Gasteiger partial charge on any atom is -0.393 e. The van der Waals surface area contributed by atoms with Crippen LogP contribution in [-0.2, 0) is 4.79 Å². The van der Waals surface area contributed by atoms with Crippen molar-refractivity contribution in [3.8, 4) is 0 Å². The zero-order valence-corrected chi connectivity index (χ0v) is 10.6. The van der Waals surface area contributed by atoms with E-state index in [2.05, 4.69) is 19.2 Å². The fraction of sp³-hybridized carbons (Fsp3) is 0.917. The lowest BCUT2D eigenvalue weighted by atomic mass is 9.97. The number of aliphatic hydroxyl groups excluding tert-OH is 1. The number of hydrogen-bond acceptors (Lipinski definition) is 3. The molecular weight excluding hydrogens is 206 g/mol. The number of amides is 1. The minimum absolute atomic E-state index is 0.0163. The van der Waals surface area contributed by atoms with Gasteiger partial charge in [-0.3, -0.25) is 4.79 Å². The van der Waals surface area contributed by atoms with Crippen LogP contribution in [0.4, 0.5) is 0 Å². The van der Waals surface area contributed by atoms with Crippen LogP contribution in [0.2, 0.25) is 0 Å². The van der Waals surface area contributed by atoms with Crippen molar-refractivity contribution in [1.82, 2.24) is 5.32 Å². The highest BCUT2D eigenvalue weighted by atomic mass is 16.3. The molecule has 16 heavy (non-hydrogen) atoms. The zero-order chi connectivity index (χ0) is 12.6. The third-order valence-electron chi connectivity index (χ3n) is 2.63. The third kappa shape index (κ3) is 6.08. The summed E-state index contributed by atoms with van der Waals surface area (Å²) in [6.45, 7) is 5.37. The molecule has 0 bridgehead atoms. The van der Waals surface area contributed by atoms with Gasteiger partial charge in [0.15, 0.2) is 0 Å². The van der Waals surface area contributed by atoms with Crippen LogP contribution in [-0.4, -0.2) is 34.9 Å². The molecular formula is C12H25NO3. The Hall–Kier alpha value is -0.610. The summed E-state index contributed by atoms with van der Waals surface area (Å²) in [5.41, 5.74) is -1.22. The van der Waals surface area contributed by atoms with E-state index in [4.69, 9.17) is 5.11 Å². The second kappa shape index (κ2) is 7.63. The number of rotatable bonds is 8. The van der Waals surface area contributed by atoms with Gasteiger partial charge in [-0.05, 0) is 19.8 Å². The van der Waals surface area contributed by atoms with Gasteiger partial charge in [0.05, 0.1) is 6.61 Å². The normalized spacial score (nSPS) is 14.9. The summed E-state index contributed by atoms with van der Waals surface area (Å²) in [7, 11) is 0. The average molecular weight is 231 g/mol. The molecule has 0 saturated carbocycles. The molecule has 3 N–H and O–H groups in total. The summed E-state index contributed by atoms with van der Waals surface area (Å²) in [6, 6.07) is 0. The van der Waals surface area contributed by atoms with E-state index >= 15 is 0 Å². The molecule has 0 spiro atoms. The largest absolute Gasteiger partial charge is 0.393 e. The van der Waals surface area contributed by atoms with Gasteiger partial charge in [-0.1, -0.05) is 26.7 Å².